The molecule has 170 valence electrons. The summed E-state index contributed by atoms with van der Waals surface area (Å²) in [6.45, 7) is 7.79. The number of hydrogen-bond acceptors (Lipinski definition) is 5. The number of para-hydroxylation sites is 2. The number of rotatable bonds is 7. The minimum Gasteiger partial charge on any atom is -0.443 e. The first-order valence-electron chi connectivity index (χ1n) is 10.5. The van der Waals surface area contributed by atoms with Gasteiger partial charge in [0.15, 0.2) is 5.96 Å². The quantitative estimate of drug-likeness (QED) is 0.507. The normalized spacial score (nSPS) is 17.3. The van der Waals surface area contributed by atoms with E-state index in [1.54, 1.807) is 24.4 Å². The molecule has 0 radical (unpaired) electrons. The Hall–Kier alpha value is -2.84. The zero-order valence-electron chi connectivity index (χ0n) is 18.5. The van der Waals surface area contributed by atoms with Crippen LogP contribution in [0.4, 0.5) is 14.5 Å². The molecule has 0 amide bonds. The van der Waals surface area contributed by atoms with Crippen molar-refractivity contribution in [2.75, 3.05) is 24.5 Å². The highest BCUT2D eigenvalue weighted by molar-refractivity contribution is 5.80. The number of ether oxygens (including phenoxy) is 1. The molecule has 31 heavy (non-hydrogen) atoms. The van der Waals surface area contributed by atoms with E-state index < -0.39 is 6.61 Å². The predicted octanol–water partition coefficient (Wildman–Crippen LogP) is 3.91. The van der Waals surface area contributed by atoms with Gasteiger partial charge in [0, 0.05) is 31.1 Å². The Bertz CT molecular complexity index is 879. The molecule has 1 aliphatic rings. The van der Waals surface area contributed by atoms with Crippen molar-refractivity contribution in [3.05, 3.63) is 42.1 Å². The Kier molecular flexibility index (Phi) is 7.35. The zero-order chi connectivity index (χ0) is 22.4. The molecule has 1 unspecified atom stereocenters. The lowest BCUT2D eigenvalue weighted by atomic mass is 9.94. The van der Waals surface area contributed by atoms with Crippen molar-refractivity contribution >= 4 is 11.6 Å². The molecule has 1 saturated heterocycles. The summed E-state index contributed by atoms with van der Waals surface area (Å²) >= 11 is 0. The molecule has 3 rings (SSSR count). The van der Waals surface area contributed by atoms with Gasteiger partial charge in [0.2, 0.25) is 5.89 Å². The molecule has 2 heterocycles. The summed E-state index contributed by atoms with van der Waals surface area (Å²) in [6.07, 6.45) is 2.60. The van der Waals surface area contributed by atoms with Crippen molar-refractivity contribution in [3.63, 3.8) is 0 Å². The largest absolute Gasteiger partial charge is 0.443 e. The lowest BCUT2D eigenvalue weighted by Gasteiger charge is -2.22. The number of oxazole rings is 1. The van der Waals surface area contributed by atoms with E-state index in [9.17, 15) is 8.78 Å². The zero-order valence-corrected chi connectivity index (χ0v) is 18.5. The Labute approximate surface area is 181 Å². The fraction of sp³-hybridized carbons (Fsp3) is 0.545. The molecule has 0 aliphatic carbocycles. The van der Waals surface area contributed by atoms with Crippen LogP contribution in [0.3, 0.4) is 0 Å². The van der Waals surface area contributed by atoms with Gasteiger partial charge in [0.05, 0.1) is 11.9 Å². The third kappa shape index (κ3) is 6.32. The van der Waals surface area contributed by atoms with Crippen LogP contribution in [0, 0.1) is 0 Å². The Morgan fingerprint density at radius 1 is 1.35 bits per heavy atom. The molecule has 1 aromatic carbocycles. The summed E-state index contributed by atoms with van der Waals surface area (Å²) in [6, 6.07) is 7.00. The molecule has 1 fully saturated rings. The van der Waals surface area contributed by atoms with Crippen LogP contribution in [-0.2, 0) is 12.0 Å². The van der Waals surface area contributed by atoms with Crippen LogP contribution in [0.2, 0.25) is 0 Å². The smallest absolute Gasteiger partial charge is 0.387 e. The molecule has 0 saturated carbocycles. The topological polar surface area (TPSA) is 74.9 Å². The molecule has 1 aromatic heterocycles. The minimum absolute atomic E-state index is 0.102. The summed E-state index contributed by atoms with van der Waals surface area (Å²) < 4.78 is 35.9. The van der Waals surface area contributed by atoms with E-state index in [4.69, 9.17) is 4.42 Å². The maximum Gasteiger partial charge on any atom is 0.387 e. The number of nitrogens with one attached hydrogen (secondary N) is 2. The molecular weight excluding hydrogens is 404 g/mol. The van der Waals surface area contributed by atoms with E-state index in [1.807, 2.05) is 17.9 Å². The van der Waals surface area contributed by atoms with Gasteiger partial charge in [-0.1, -0.05) is 32.9 Å². The van der Waals surface area contributed by atoms with Gasteiger partial charge < -0.3 is 24.7 Å². The van der Waals surface area contributed by atoms with E-state index in [0.717, 1.165) is 18.7 Å². The molecule has 2 N–H and O–H groups in total. The second kappa shape index (κ2) is 9.98. The molecule has 2 aromatic rings. The third-order valence-corrected chi connectivity index (χ3v) is 4.96. The Morgan fingerprint density at radius 2 is 2.13 bits per heavy atom. The molecule has 9 heteroatoms. The highest BCUT2D eigenvalue weighted by atomic mass is 19.3. The molecule has 7 nitrogen and oxygen atoms in total. The van der Waals surface area contributed by atoms with Crippen molar-refractivity contribution in [1.29, 1.82) is 0 Å². The fourth-order valence-electron chi connectivity index (χ4n) is 3.40. The third-order valence-electron chi connectivity index (χ3n) is 4.96. The van der Waals surface area contributed by atoms with Gasteiger partial charge in [-0.2, -0.15) is 8.78 Å². The number of guanidine groups is 1. The van der Waals surface area contributed by atoms with Crippen molar-refractivity contribution in [2.45, 2.75) is 58.7 Å². The van der Waals surface area contributed by atoms with Crippen LogP contribution < -0.4 is 20.3 Å². The number of aromatic nitrogens is 1. The van der Waals surface area contributed by atoms with Gasteiger partial charge in [-0.3, -0.25) is 0 Å². The monoisotopic (exact) mass is 435 g/mol. The maximum atomic E-state index is 12.7. The van der Waals surface area contributed by atoms with Crippen molar-refractivity contribution < 1.29 is 17.9 Å². The fourth-order valence-corrected chi connectivity index (χ4v) is 3.40. The van der Waals surface area contributed by atoms with Gasteiger partial charge >= 0.3 is 6.61 Å². The summed E-state index contributed by atoms with van der Waals surface area (Å²) in [7, 11) is 0. The number of alkyl halides is 2. The van der Waals surface area contributed by atoms with Crippen LogP contribution in [-0.4, -0.2) is 43.2 Å². The van der Waals surface area contributed by atoms with E-state index >= 15 is 0 Å². The first-order valence-corrected chi connectivity index (χ1v) is 10.5. The lowest BCUT2D eigenvalue weighted by Crippen LogP contribution is -2.44. The van der Waals surface area contributed by atoms with Crippen LogP contribution >= 0.6 is 0 Å². The second-order valence-corrected chi connectivity index (χ2v) is 8.49. The number of aliphatic imine (C=N–C) groups is 1. The average Bonchev–Trinajstić information content (AvgIpc) is 3.36. The van der Waals surface area contributed by atoms with Crippen molar-refractivity contribution in [2.24, 2.45) is 4.99 Å². The predicted molar refractivity (Wildman–Crippen MR) is 117 cm³/mol. The summed E-state index contributed by atoms with van der Waals surface area (Å²) in [5.74, 6) is 2.25. The number of anilines is 1. The maximum absolute atomic E-state index is 12.7. The lowest BCUT2D eigenvalue weighted by molar-refractivity contribution is -0.0495. The Balaban J connectivity index is 1.62. The molecule has 0 bridgehead atoms. The average molecular weight is 436 g/mol. The highest BCUT2D eigenvalue weighted by Crippen LogP contribution is 2.31. The molecule has 1 atom stereocenters. The summed E-state index contributed by atoms with van der Waals surface area (Å²) in [4.78, 5) is 11.0. The number of nitrogens with zero attached hydrogens (tertiary/aromatic N) is 3. The van der Waals surface area contributed by atoms with Crippen LogP contribution in [0.5, 0.6) is 5.75 Å². The first-order chi connectivity index (χ1) is 14.8. The van der Waals surface area contributed by atoms with Gasteiger partial charge in [0.25, 0.3) is 0 Å². The minimum atomic E-state index is -2.85. The van der Waals surface area contributed by atoms with Crippen LogP contribution in [0.15, 0.2) is 39.9 Å². The van der Waals surface area contributed by atoms with E-state index in [2.05, 4.69) is 46.1 Å². The number of halogens is 2. The summed E-state index contributed by atoms with van der Waals surface area (Å²) in [5.41, 5.74) is 0.568. The summed E-state index contributed by atoms with van der Waals surface area (Å²) in [5, 5.41) is 6.66. The van der Waals surface area contributed by atoms with E-state index in [-0.39, 0.29) is 17.2 Å². The van der Waals surface area contributed by atoms with Crippen molar-refractivity contribution in [1.82, 2.24) is 15.6 Å². The molecule has 1 aliphatic heterocycles. The van der Waals surface area contributed by atoms with Crippen LogP contribution in [0.1, 0.15) is 45.8 Å². The number of benzene rings is 1. The molecule has 0 spiro atoms. The van der Waals surface area contributed by atoms with Gasteiger partial charge in [0.1, 0.15) is 18.1 Å². The van der Waals surface area contributed by atoms with Crippen molar-refractivity contribution in [3.8, 4) is 5.75 Å². The molecular formula is C22H31F2N5O2. The SMILES string of the molecule is CCNC(=NCc1ncc(C(C)(C)C)o1)NC1CCN(c2ccccc2OC(F)F)C1. The highest BCUT2D eigenvalue weighted by Gasteiger charge is 2.26. The van der Waals surface area contributed by atoms with E-state index in [0.29, 0.717) is 37.2 Å². The van der Waals surface area contributed by atoms with Gasteiger partial charge in [-0.05, 0) is 25.5 Å². The van der Waals surface area contributed by atoms with Gasteiger partial charge in [-0.15, -0.1) is 0 Å². The first kappa shape index (κ1) is 22.8. The van der Waals surface area contributed by atoms with E-state index in [1.165, 1.54) is 0 Å². The van der Waals surface area contributed by atoms with Crippen LogP contribution in [0.25, 0.3) is 0 Å². The standard InChI is InChI=1S/C22H31F2N5O2/c1-5-25-21(27-13-19-26-12-18(31-19)22(2,3)4)28-15-10-11-29(14-15)16-8-6-7-9-17(16)30-20(23)24/h6-9,12,15,20H,5,10-11,13-14H2,1-4H3,(H2,25,27,28). The Morgan fingerprint density at radius 3 is 2.81 bits per heavy atom. The second-order valence-electron chi connectivity index (χ2n) is 8.49. The van der Waals surface area contributed by atoms with Gasteiger partial charge in [-0.25, -0.2) is 9.98 Å². The number of hydrogen-bond donors (Lipinski definition) is 2.